The summed E-state index contributed by atoms with van der Waals surface area (Å²) in [5.41, 5.74) is 1.34. The first-order valence-electron chi connectivity index (χ1n) is 7.77. The van der Waals surface area contributed by atoms with E-state index in [2.05, 4.69) is 35.6 Å². The maximum Gasteiger partial charge on any atom is 0.0599 e. The predicted octanol–water partition coefficient (Wildman–Crippen LogP) is 3.14. The van der Waals surface area contributed by atoms with Crippen molar-refractivity contribution >= 4 is 0 Å². The number of methoxy groups -OCH3 is 1. The van der Waals surface area contributed by atoms with Gasteiger partial charge >= 0.3 is 0 Å². The minimum absolute atomic E-state index is 0.405. The van der Waals surface area contributed by atoms with Gasteiger partial charge in [0.1, 0.15) is 0 Å². The maximum absolute atomic E-state index is 5.95. The van der Waals surface area contributed by atoms with Crippen molar-refractivity contribution in [2.24, 2.45) is 0 Å². The average Bonchev–Trinajstić information content (AvgIpc) is 2.52. The number of nitrogens with one attached hydrogen (secondary N) is 1. The minimum atomic E-state index is 0.405. The zero-order valence-electron chi connectivity index (χ0n) is 12.5. The van der Waals surface area contributed by atoms with E-state index in [0.29, 0.717) is 12.2 Å². The topological polar surface area (TPSA) is 30.5 Å². The van der Waals surface area contributed by atoms with Crippen molar-refractivity contribution in [2.45, 2.75) is 50.9 Å². The van der Waals surface area contributed by atoms with Gasteiger partial charge in [0.05, 0.1) is 12.2 Å². The van der Waals surface area contributed by atoms with E-state index >= 15 is 0 Å². The van der Waals surface area contributed by atoms with Crippen LogP contribution in [0.5, 0.6) is 0 Å². The molecule has 1 aliphatic rings. The molecule has 20 heavy (non-hydrogen) atoms. The molecule has 0 heterocycles. The van der Waals surface area contributed by atoms with E-state index in [1.165, 1.54) is 24.8 Å². The Morgan fingerprint density at radius 1 is 1.15 bits per heavy atom. The average molecular weight is 277 g/mol. The first-order valence-corrected chi connectivity index (χ1v) is 7.77. The standard InChI is InChI=1S/C17H27NO2/c1-19-16-9-5-10-17(13-16)20-12-6-11-18-14-15-7-3-2-4-8-15/h2-4,7-8,16-18H,5-6,9-14H2,1H3. The van der Waals surface area contributed by atoms with E-state index in [1.807, 2.05) is 0 Å². The molecule has 0 amide bonds. The summed E-state index contributed by atoms with van der Waals surface area (Å²) in [7, 11) is 1.81. The van der Waals surface area contributed by atoms with Crippen molar-refractivity contribution in [3.8, 4) is 0 Å². The van der Waals surface area contributed by atoms with E-state index in [1.54, 1.807) is 7.11 Å². The SMILES string of the molecule is COC1CCCC(OCCCNCc2ccccc2)C1. The van der Waals surface area contributed by atoms with Crippen LogP contribution in [0.2, 0.25) is 0 Å². The highest BCUT2D eigenvalue weighted by Crippen LogP contribution is 2.22. The van der Waals surface area contributed by atoms with Crippen LogP contribution in [0.4, 0.5) is 0 Å². The van der Waals surface area contributed by atoms with Gasteiger partial charge in [0.25, 0.3) is 0 Å². The third kappa shape index (κ3) is 5.61. The number of hydrogen-bond acceptors (Lipinski definition) is 3. The van der Waals surface area contributed by atoms with Crippen LogP contribution < -0.4 is 5.32 Å². The lowest BCUT2D eigenvalue weighted by atomic mass is 9.95. The quantitative estimate of drug-likeness (QED) is 0.741. The summed E-state index contributed by atoms with van der Waals surface area (Å²) in [6.45, 7) is 2.80. The molecule has 0 bridgehead atoms. The predicted molar refractivity (Wildman–Crippen MR) is 81.8 cm³/mol. The number of rotatable bonds is 8. The molecule has 0 aliphatic heterocycles. The Morgan fingerprint density at radius 3 is 2.75 bits per heavy atom. The molecule has 0 aromatic heterocycles. The normalized spacial score (nSPS) is 22.9. The molecule has 3 heteroatoms. The van der Waals surface area contributed by atoms with E-state index < -0.39 is 0 Å². The molecule has 0 spiro atoms. The lowest BCUT2D eigenvalue weighted by Crippen LogP contribution is -2.28. The van der Waals surface area contributed by atoms with Crippen LogP contribution in [0.1, 0.15) is 37.7 Å². The Bertz CT molecular complexity index is 355. The van der Waals surface area contributed by atoms with Gasteiger partial charge < -0.3 is 14.8 Å². The third-order valence-corrected chi connectivity index (χ3v) is 3.93. The van der Waals surface area contributed by atoms with Gasteiger partial charge in [-0.2, -0.15) is 0 Å². The van der Waals surface area contributed by atoms with Gasteiger partial charge in [-0.3, -0.25) is 0 Å². The van der Waals surface area contributed by atoms with Gasteiger partial charge in [0.15, 0.2) is 0 Å². The molecule has 1 aliphatic carbocycles. The number of ether oxygens (including phenoxy) is 2. The summed E-state index contributed by atoms with van der Waals surface area (Å²) in [5, 5.41) is 3.45. The van der Waals surface area contributed by atoms with Crippen LogP contribution in [0.3, 0.4) is 0 Å². The van der Waals surface area contributed by atoms with Crippen LogP contribution >= 0.6 is 0 Å². The highest BCUT2D eigenvalue weighted by molar-refractivity contribution is 5.14. The molecule has 1 saturated carbocycles. The summed E-state index contributed by atoms with van der Waals surface area (Å²) < 4.78 is 11.4. The lowest BCUT2D eigenvalue weighted by molar-refractivity contribution is -0.0298. The van der Waals surface area contributed by atoms with Crippen LogP contribution in [0.25, 0.3) is 0 Å². The second-order valence-electron chi connectivity index (χ2n) is 5.53. The van der Waals surface area contributed by atoms with Crippen molar-refractivity contribution in [1.29, 1.82) is 0 Å². The van der Waals surface area contributed by atoms with Crippen molar-refractivity contribution in [1.82, 2.24) is 5.32 Å². The largest absolute Gasteiger partial charge is 0.381 e. The molecular weight excluding hydrogens is 250 g/mol. The Morgan fingerprint density at radius 2 is 1.95 bits per heavy atom. The molecule has 1 N–H and O–H groups in total. The van der Waals surface area contributed by atoms with Gasteiger partial charge in [0, 0.05) is 20.3 Å². The van der Waals surface area contributed by atoms with Gasteiger partial charge in [-0.25, -0.2) is 0 Å². The smallest absolute Gasteiger partial charge is 0.0599 e. The number of hydrogen-bond donors (Lipinski definition) is 1. The first kappa shape index (κ1) is 15.5. The first-order chi connectivity index (χ1) is 9.88. The third-order valence-electron chi connectivity index (χ3n) is 3.93. The Hall–Kier alpha value is -0.900. The van der Waals surface area contributed by atoms with E-state index in [9.17, 15) is 0 Å². The van der Waals surface area contributed by atoms with E-state index in [-0.39, 0.29) is 0 Å². The lowest BCUT2D eigenvalue weighted by Gasteiger charge is -2.28. The maximum atomic E-state index is 5.95. The molecule has 2 atom stereocenters. The molecule has 1 aromatic rings. The molecule has 3 nitrogen and oxygen atoms in total. The van der Waals surface area contributed by atoms with E-state index in [4.69, 9.17) is 9.47 Å². The zero-order chi connectivity index (χ0) is 14.0. The molecule has 2 rings (SSSR count). The Balaban J connectivity index is 1.49. The van der Waals surface area contributed by atoms with Gasteiger partial charge in [-0.15, -0.1) is 0 Å². The van der Waals surface area contributed by atoms with Crippen LogP contribution in [0, 0.1) is 0 Å². The molecule has 0 saturated heterocycles. The fourth-order valence-electron chi connectivity index (χ4n) is 2.74. The summed E-state index contributed by atoms with van der Waals surface area (Å²) in [6.07, 6.45) is 6.56. The van der Waals surface area contributed by atoms with Crippen molar-refractivity contribution in [3.63, 3.8) is 0 Å². The van der Waals surface area contributed by atoms with Gasteiger partial charge in [0.2, 0.25) is 0 Å². The number of benzene rings is 1. The van der Waals surface area contributed by atoms with Crippen molar-refractivity contribution in [2.75, 3.05) is 20.3 Å². The summed E-state index contributed by atoms with van der Waals surface area (Å²) in [4.78, 5) is 0. The van der Waals surface area contributed by atoms with Crippen molar-refractivity contribution < 1.29 is 9.47 Å². The summed E-state index contributed by atoms with van der Waals surface area (Å²) in [6, 6.07) is 10.5. The monoisotopic (exact) mass is 277 g/mol. The van der Waals surface area contributed by atoms with E-state index in [0.717, 1.165) is 32.5 Å². The molecule has 1 fully saturated rings. The summed E-state index contributed by atoms with van der Waals surface area (Å²) in [5.74, 6) is 0. The van der Waals surface area contributed by atoms with Crippen LogP contribution in [-0.4, -0.2) is 32.5 Å². The fraction of sp³-hybridized carbons (Fsp3) is 0.647. The van der Waals surface area contributed by atoms with Crippen molar-refractivity contribution in [3.05, 3.63) is 35.9 Å². The molecule has 1 aromatic carbocycles. The van der Waals surface area contributed by atoms with Crippen LogP contribution in [0.15, 0.2) is 30.3 Å². The Kier molecular flexibility index (Phi) is 7.06. The molecule has 2 unspecified atom stereocenters. The molecule has 112 valence electrons. The Labute approximate surface area is 122 Å². The second-order valence-corrected chi connectivity index (χ2v) is 5.53. The van der Waals surface area contributed by atoms with Crippen LogP contribution in [-0.2, 0) is 16.0 Å². The second kappa shape index (κ2) is 9.11. The highest BCUT2D eigenvalue weighted by Gasteiger charge is 2.21. The van der Waals surface area contributed by atoms with Gasteiger partial charge in [-0.1, -0.05) is 30.3 Å². The molecular formula is C17H27NO2. The fourth-order valence-corrected chi connectivity index (χ4v) is 2.74. The summed E-state index contributed by atoms with van der Waals surface area (Å²) >= 11 is 0. The van der Waals surface area contributed by atoms with Gasteiger partial charge in [-0.05, 0) is 44.2 Å². The minimum Gasteiger partial charge on any atom is -0.381 e. The molecule has 0 radical (unpaired) electrons. The highest BCUT2D eigenvalue weighted by atomic mass is 16.5. The zero-order valence-corrected chi connectivity index (χ0v) is 12.5.